The second kappa shape index (κ2) is 5.16. The second-order valence-corrected chi connectivity index (χ2v) is 7.43. The Bertz CT molecular complexity index is 590. The van der Waals surface area contributed by atoms with Crippen molar-refractivity contribution >= 4 is 19.9 Å². The van der Waals surface area contributed by atoms with Gasteiger partial charge in [0.2, 0.25) is 10.0 Å². The van der Waals surface area contributed by atoms with Crippen molar-refractivity contribution in [3.8, 4) is 0 Å². The van der Waals surface area contributed by atoms with Crippen LogP contribution in [0, 0.1) is 0 Å². The maximum Gasteiger partial charge on any atom is 0.240 e. The highest BCUT2D eigenvalue weighted by Crippen LogP contribution is 2.15. The van der Waals surface area contributed by atoms with Crippen molar-refractivity contribution in [2.24, 2.45) is 0 Å². The molecule has 0 bridgehead atoms. The van der Waals surface area contributed by atoms with E-state index in [0.29, 0.717) is 13.0 Å². The molecule has 0 aliphatic rings. The molecule has 96 valence electrons. The first-order valence-corrected chi connectivity index (χ1v) is 8.44. The minimum Gasteiger partial charge on any atom is -0.224 e. The van der Waals surface area contributed by atoms with Crippen molar-refractivity contribution in [1.82, 2.24) is 4.72 Å². The van der Waals surface area contributed by atoms with Gasteiger partial charge in [-0.2, -0.15) is 0 Å². The summed E-state index contributed by atoms with van der Waals surface area (Å²) in [6, 6.07) is 5.31. The number of sulfonamides is 1. The van der Waals surface area contributed by atoms with Crippen molar-refractivity contribution in [2.75, 3.05) is 12.8 Å². The molecule has 0 fully saturated rings. The second-order valence-electron chi connectivity index (χ2n) is 3.64. The summed E-state index contributed by atoms with van der Waals surface area (Å²) < 4.78 is 48.5. The number of rotatable bonds is 5. The molecule has 0 saturated heterocycles. The molecule has 0 aliphatic carbocycles. The summed E-state index contributed by atoms with van der Waals surface area (Å²) in [5.74, 6) is 0. The van der Waals surface area contributed by atoms with Gasteiger partial charge in [-0.1, -0.05) is 13.0 Å². The fourth-order valence-corrected chi connectivity index (χ4v) is 3.11. The van der Waals surface area contributed by atoms with Crippen LogP contribution in [0.1, 0.15) is 13.3 Å². The Hall–Kier alpha value is -0.920. The molecule has 1 aromatic carbocycles. The molecule has 0 spiro atoms. The summed E-state index contributed by atoms with van der Waals surface area (Å²) in [7, 11) is -7.02. The van der Waals surface area contributed by atoms with Crippen LogP contribution in [-0.4, -0.2) is 29.6 Å². The molecule has 0 aliphatic heterocycles. The van der Waals surface area contributed by atoms with E-state index in [1.54, 1.807) is 0 Å². The first-order chi connectivity index (χ1) is 7.77. The molecular weight excluding hydrogens is 262 g/mol. The third-order valence-corrected chi connectivity index (χ3v) is 4.65. The van der Waals surface area contributed by atoms with Crippen LogP contribution in [0.15, 0.2) is 34.1 Å². The summed E-state index contributed by atoms with van der Waals surface area (Å²) in [6.45, 7) is 2.17. The average molecular weight is 277 g/mol. The van der Waals surface area contributed by atoms with Gasteiger partial charge >= 0.3 is 0 Å². The summed E-state index contributed by atoms with van der Waals surface area (Å²) in [4.78, 5) is -0.0363. The van der Waals surface area contributed by atoms with E-state index >= 15 is 0 Å². The predicted octanol–water partition coefficient (Wildman–Crippen LogP) is 0.778. The Labute approximate surface area is 102 Å². The first kappa shape index (κ1) is 14.1. The standard InChI is InChI=1S/C10H15NO4S2/c1-3-7-11-17(14,15)10-6-4-5-9(8-10)16(2,12)13/h4-6,8,11H,3,7H2,1-2H3. The number of hydrogen-bond donors (Lipinski definition) is 1. The Morgan fingerprint density at radius 1 is 1.12 bits per heavy atom. The SMILES string of the molecule is CCCNS(=O)(=O)c1cccc(S(C)(=O)=O)c1. The highest BCUT2D eigenvalue weighted by atomic mass is 32.2. The fourth-order valence-electron chi connectivity index (χ4n) is 1.19. The molecule has 5 nitrogen and oxygen atoms in total. The zero-order chi connectivity index (χ0) is 13.1. The van der Waals surface area contributed by atoms with E-state index < -0.39 is 19.9 Å². The van der Waals surface area contributed by atoms with Gasteiger partial charge < -0.3 is 0 Å². The molecule has 7 heteroatoms. The fraction of sp³-hybridized carbons (Fsp3) is 0.400. The number of sulfone groups is 1. The zero-order valence-electron chi connectivity index (χ0n) is 9.67. The maximum absolute atomic E-state index is 11.8. The molecule has 0 radical (unpaired) electrons. The first-order valence-electron chi connectivity index (χ1n) is 5.07. The van der Waals surface area contributed by atoms with E-state index in [4.69, 9.17) is 0 Å². The molecule has 0 amide bonds. The van der Waals surface area contributed by atoms with Crippen LogP contribution in [0.3, 0.4) is 0 Å². The molecule has 0 saturated carbocycles. The summed E-state index contributed by atoms with van der Waals surface area (Å²) in [5.41, 5.74) is 0. The lowest BCUT2D eigenvalue weighted by Gasteiger charge is -2.06. The Balaban J connectivity index is 3.17. The monoisotopic (exact) mass is 277 g/mol. The van der Waals surface area contributed by atoms with E-state index in [0.717, 1.165) is 12.3 Å². The Morgan fingerprint density at radius 3 is 2.24 bits per heavy atom. The molecule has 0 atom stereocenters. The molecule has 1 aromatic rings. The average Bonchev–Trinajstić information content (AvgIpc) is 2.25. The number of benzene rings is 1. The van der Waals surface area contributed by atoms with Gasteiger partial charge in [-0.15, -0.1) is 0 Å². The number of hydrogen-bond acceptors (Lipinski definition) is 4. The quantitative estimate of drug-likeness (QED) is 0.862. The lowest BCUT2D eigenvalue weighted by atomic mass is 10.4. The molecule has 0 heterocycles. The molecular formula is C10H15NO4S2. The van der Waals surface area contributed by atoms with E-state index in [1.165, 1.54) is 18.2 Å². The summed E-state index contributed by atoms with van der Waals surface area (Å²) in [6.07, 6.45) is 1.71. The van der Waals surface area contributed by atoms with E-state index in [1.807, 2.05) is 6.92 Å². The van der Waals surface area contributed by atoms with Crippen LogP contribution in [0.25, 0.3) is 0 Å². The largest absolute Gasteiger partial charge is 0.240 e. The zero-order valence-corrected chi connectivity index (χ0v) is 11.3. The van der Waals surface area contributed by atoms with Gasteiger partial charge in [0.05, 0.1) is 9.79 Å². The predicted molar refractivity (Wildman–Crippen MR) is 65.0 cm³/mol. The molecule has 17 heavy (non-hydrogen) atoms. The number of nitrogens with one attached hydrogen (secondary N) is 1. The third-order valence-electron chi connectivity index (χ3n) is 2.09. The molecule has 0 aromatic heterocycles. The minimum atomic E-state index is -3.62. The smallest absolute Gasteiger partial charge is 0.224 e. The highest BCUT2D eigenvalue weighted by Gasteiger charge is 2.16. The van der Waals surface area contributed by atoms with E-state index in [-0.39, 0.29) is 9.79 Å². The Kier molecular flexibility index (Phi) is 4.29. The minimum absolute atomic E-state index is 0.00289. The van der Waals surface area contributed by atoms with Crippen molar-refractivity contribution in [1.29, 1.82) is 0 Å². The molecule has 1 rings (SSSR count). The van der Waals surface area contributed by atoms with Gasteiger partial charge in [-0.05, 0) is 24.6 Å². The van der Waals surface area contributed by atoms with Crippen molar-refractivity contribution in [3.63, 3.8) is 0 Å². The van der Waals surface area contributed by atoms with Gasteiger partial charge in [-0.25, -0.2) is 21.6 Å². The molecule has 0 unspecified atom stereocenters. The lowest BCUT2D eigenvalue weighted by molar-refractivity contribution is 0.580. The third kappa shape index (κ3) is 3.79. The topological polar surface area (TPSA) is 80.3 Å². The highest BCUT2D eigenvalue weighted by molar-refractivity contribution is 7.91. The lowest BCUT2D eigenvalue weighted by Crippen LogP contribution is -2.24. The van der Waals surface area contributed by atoms with E-state index in [2.05, 4.69) is 4.72 Å². The van der Waals surface area contributed by atoms with Crippen molar-refractivity contribution in [2.45, 2.75) is 23.1 Å². The summed E-state index contributed by atoms with van der Waals surface area (Å²) >= 11 is 0. The normalized spacial score (nSPS) is 12.6. The van der Waals surface area contributed by atoms with Gasteiger partial charge in [0, 0.05) is 12.8 Å². The van der Waals surface area contributed by atoms with Crippen LogP contribution < -0.4 is 4.72 Å². The molecule has 1 N–H and O–H groups in total. The Morgan fingerprint density at radius 2 is 1.71 bits per heavy atom. The maximum atomic E-state index is 11.8. The van der Waals surface area contributed by atoms with Crippen LogP contribution in [0.2, 0.25) is 0 Å². The summed E-state index contributed by atoms with van der Waals surface area (Å²) in [5, 5.41) is 0. The van der Waals surface area contributed by atoms with Crippen molar-refractivity contribution in [3.05, 3.63) is 24.3 Å². The van der Waals surface area contributed by atoms with Gasteiger partial charge in [0.15, 0.2) is 9.84 Å². The van der Waals surface area contributed by atoms with Gasteiger partial charge in [0.25, 0.3) is 0 Å². The van der Waals surface area contributed by atoms with Gasteiger partial charge in [-0.3, -0.25) is 0 Å². The van der Waals surface area contributed by atoms with Crippen molar-refractivity contribution < 1.29 is 16.8 Å². The van der Waals surface area contributed by atoms with E-state index in [9.17, 15) is 16.8 Å². The van der Waals surface area contributed by atoms with Crippen LogP contribution >= 0.6 is 0 Å². The van der Waals surface area contributed by atoms with Crippen LogP contribution in [0.4, 0.5) is 0 Å². The van der Waals surface area contributed by atoms with Crippen LogP contribution in [-0.2, 0) is 19.9 Å². The van der Waals surface area contributed by atoms with Crippen LogP contribution in [0.5, 0.6) is 0 Å². The van der Waals surface area contributed by atoms with Gasteiger partial charge in [0.1, 0.15) is 0 Å².